The molecular formula is C22H20N4O. The van der Waals surface area contributed by atoms with Crippen LogP contribution >= 0.6 is 0 Å². The average Bonchev–Trinajstić information content (AvgIpc) is 3.16. The number of aldehydes is 1. The number of aromatic nitrogens is 4. The van der Waals surface area contributed by atoms with E-state index in [0.717, 1.165) is 53.4 Å². The molecule has 0 radical (unpaired) electrons. The smallest absolute Gasteiger partial charge is 0.168 e. The topological polar surface area (TPSA) is 60.7 Å². The third-order valence-electron chi connectivity index (χ3n) is 4.55. The largest absolute Gasteiger partial charge is 0.296 e. The predicted molar refractivity (Wildman–Crippen MR) is 106 cm³/mol. The average molecular weight is 356 g/mol. The Morgan fingerprint density at radius 3 is 2.78 bits per heavy atom. The van der Waals surface area contributed by atoms with Gasteiger partial charge in [-0.05, 0) is 43.2 Å². The molecule has 0 aliphatic rings. The lowest BCUT2D eigenvalue weighted by Gasteiger charge is -2.07. The first-order chi connectivity index (χ1) is 13.3. The summed E-state index contributed by atoms with van der Waals surface area (Å²) in [5, 5.41) is 5.46. The van der Waals surface area contributed by atoms with Crippen LogP contribution < -0.4 is 0 Å². The molecular weight excluding hydrogens is 336 g/mol. The van der Waals surface area contributed by atoms with E-state index in [2.05, 4.69) is 41.3 Å². The van der Waals surface area contributed by atoms with Crippen molar-refractivity contribution in [1.82, 2.24) is 19.7 Å². The molecule has 5 heteroatoms. The van der Waals surface area contributed by atoms with Gasteiger partial charge >= 0.3 is 0 Å². The van der Waals surface area contributed by atoms with E-state index in [0.29, 0.717) is 11.5 Å². The van der Waals surface area contributed by atoms with Crippen LogP contribution in [0.4, 0.5) is 0 Å². The lowest BCUT2D eigenvalue weighted by Crippen LogP contribution is -2.01. The minimum Gasteiger partial charge on any atom is -0.296 e. The predicted octanol–water partition coefficient (Wildman–Crippen LogP) is 4.64. The van der Waals surface area contributed by atoms with Gasteiger partial charge in [0, 0.05) is 16.6 Å². The summed E-state index contributed by atoms with van der Waals surface area (Å²) < 4.78 is 1.76. The fourth-order valence-corrected chi connectivity index (χ4v) is 3.12. The molecule has 0 saturated carbocycles. The van der Waals surface area contributed by atoms with Crippen LogP contribution in [0.25, 0.3) is 28.0 Å². The van der Waals surface area contributed by atoms with Crippen molar-refractivity contribution in [3.05, 3.63) is 72.2 Å². The zero-order valence-electron chi connectivity index (χ0n) is 15.2. The fourth-order valence-electron chi connectivity index (χ4n) is 3.12. The Hall–Kier alpha value is -3.34. The quantitative estimate of drug-likeness (QED) is 0.472. The number of hydrogen-bond donors (Lipinski definition) is 0. The molecule has 0 spiro atoms. The van der Waals surface area contributed by atoms with Crippen LogP contribution in [0.5, 0.6) is 0 Å². The molecule has 134 valence electrons. The second kappa shape index (κ2) is 7.50. The number of carbonyl (C=O) groups is 1. The summed E-state index contributed by atoms with van der Waals surface area (Å²) in [4.78, 5) is 20.2. The molecule has 0 aliphatic carbocycles. The maximum atomic E-state index is 11.0. The van der Waals surface area contributed by atoms with E-state index in [1.807, 2.05) is 24.3 Å². The van der Waals surface area contributed by atoms with Crippen LogP contribution in [0, 0.1) is 0 Å². The van der Waals surface area contributed by atoms with Crippen molar-refractivity contribution in [2.24, 2.45) is 0 Å². The van der Waals surface area contributed by atoms with Gasteiger partial charge < -0.3 is 0 Å². The van der Waals surface area contributed by atoms with Crippen LogP contribution in [-0.2, 0) is 6.42 Å². The molecule has 0 unspecified atom stereocenters. The Morgan fingerprint density at radius 2 is 1.93 bits per heavy atom. The van der Waals surface area contributed by atoms with Gasteiger partial charge in [-0.15, -0.1) is 0 Å². The maximum absolute atomic E-state index is 11.0. The van der Waals surface area contributed by atoms with Crippen LogP contribution in [0.1, 0.15) is 35.9 Å². The Balaban J connectivity index is 1.77. The summed E-state index contributed by atoms with van der Waals surface area (Å²) in [6, 6.07) is 17.7. The number of carbonyl (C=O) groups excluding carboxylic acids is 1. The molecule has 0 atom stereocenters. The van der Waals surface area contributed by atoms with E-state index in [4.69, 9.17) is 4.98 Å². The summed E-state index contributed by atoms with van der Waals surface area (Å²) >= 11 is 0. The van der Waals surface area contributed by atoms with Gasteiger partial charge in [0.2, 0.25) is 0 Å². The molecule has 3 heterocycles. The van der Waals surface area contributed by atoms with Crippen molar-refractivity contribution in [1.29, 1.82) is 0 Å². The Morgan fingerprint density at radius 1 is 1.04 bits per heavy atom. The normalized spacial score (nSPS) is 11.0. The number of hydrogen-bond acceptors (Lipinski definition) is 4. The Labute approximate surface area is 157 Å². The molecule has 0 saturated heterocycles. The highest BCUT2D eigenvalue weighted by atomic mass is 16.1. The van der Waals surface area contributed by atoms with E-state index in [1.165, 1.54) is 0 Å². The molecule has 4 rings (SSSR count). The zero-order chi connectivity index (χ0) is 18.6. The number of unbranched alkanes of at least 4 members (excludes halogenated alkanes) is 1. The van der Waals surface area contributed by atoms with Gasteiger partial charge in [0.1, 0.15) is 5.69 Å². The van der Waals surface area contributed by atoms with Crippen molar-refractivity contribution in [2.45, 2.75) is 26.2 Å². The molecule has 3 aromatic heterocycles. The van der Waals surface area contributed by atoms with Gasteiger partial charge in [0.05, 0.1) is 17.4 Å². The van der Waals surface area contributed by atoms with Crippen molar-refractivity contribution in [2.75, 3.05) is 0 Å². The zero-order valence-corrected chi connectivity index (χ0v) is 15.2. The van der Waals surface area contributed by atoms with Crippen LogP contribution in [0.3, 0.4) is 0 Å². The molecule has 0 amide bonds. The minimum atomic E-state index is 0.387. The van der Waals surface area contributed by atoms with Gasteiger partial charge in [0.15, 0.2) is 12.1 Å². The van der Waals surface area contributed by atoms with E-state index in [-0.39, 0.29) is 0 Å². The molecule has 1 aromatic carbocycles. The van der Waals surface area contributed by atoms with Gasteiger partial charge in [-0.3, -0.25) is 9.78 Å². The summed E-state index contributed by atoms with van der Waals surface area (Å²) in [6.07, 6.45) is 5.84. The number of rotatable bonds is 6. The molecule has 0 N–H and O–H groups in total. The molecule has 0 aliphatic heterocycles. The van der Waals surface area contributed by atoms with Crippen molar-refractivity contribution >= 4 is 17.2 Å². The summed E-state index contributed by atoms with van der Waals surface area (Å²) in [5.41, 5.74) is 4.42. The highest BCUT2D eigenvalue weighted by Crippen LogP contribution is 2.25. The Kier molecular flexibility index (Phi) is 4.75. The summed E-state index contributed by atoms with van der Waals surface area (Å²) in [6.45, 7) is 2.19. The van der Waals surface area contributed by atoms with Crippen molar-refractivity contribution in [3.8, 4) is 17.1 Å². The lowest BCUT2D eigenvalue weighted by molar-refractivity contribution is 0.111. The Bertz CT molecular complexity index is 1100. The standard InChI is InChI=1S/C22H20N4O/c1-2-3-6-18-7-4-9-20(24-18)16-11-12-17-14-23-26(21(17)13-16)22-10-5-8-19(15-27)25-22/h4-5,7-15H,2-3,6H2,1H3. The monoisotopic (exact) mass is 356 g/mol. The molecule has 0 bridgehead atoms. The molecule has 27 heavy (non-hydrogen) atoms. The van der Waals surface area contributed by atoms with Crippen LogP contribution in [-0.4, -0.2) is 26.0 Å². The third kappa shape index (κ3) is 3.49. The molecule has 4 aromatic rings. The van der Waals surface area contributed by atoms with E-state index in [1.54, 1.807) is 16.9 Å². The minimum absolute atomic E-state index is 0.387. The number of pyridine rings is 2. The third-order valence-corrected chi connectivity index (χ3v) is 4.55. The van der Waals surface area contributed by atoms with Gasteiger partial charge in [0.25, 0.3) is 0 Å². The second-order valence-corrected chi connectivity index (χ2v) is 6.49. The summed E-state index contributed by atoms with van der Waals surface area (Å²) in [5.74, 6) is 0.622. The van der Waals surface area contributed by atoms with E-state index in [9.17, 15) is 4.79 Å². The van der Waals surface area contributed by atoms with Crippen molar-refractivity contribution < 1.29 is 4.79 Å². The SMILES string of the molecule is CCCCc1cccc(-c2ccc3cnn(-c4cccc(C=O)n4)c3c2)n1. The number of nitrogens with zero attached hydrogens (tertiary/aromatic N) is 4. The lowest BCUT2D eigenvalue weighted by atomic mass is 10.1. The van der Waals surface area contributed by atoms with Crippen LogP contribution in [0.15, 0.2) is 60.8 Å². The van der Waals surface area contributed by atoms with Gasteiger partial charge in [-0.1, -0.05) is 37.6 Å². The summed E-state index contributed by atoms with van der Waals surface area (Å²) in [7, 11) is 0. The highest BCUT2D eigenvalue weighted by molar-refractivity contribution is 5.85. The molecule has 5 nitrogen and oxygen atoms in total. The number of aryl methyl sites for hydroxylation is 1. The molecule has 0 fully saturated rings. The first-order valence-corrected chi connectivity index (χ1v) is 9.15. The first kappa shape index (κ1) is 17.1. The van der Waals surface area contributed by atoms with Crippen LogP contribution in [0.2, 0.25) is 0 Å². The number of benzene rings is 1. The second-order valence-electron chi connectivity index (χ2n) is 6.49. The maximum Gasteiger partial charge on any atom is 0.168 e. The fraction of sp³-hybridized carbons (Fsp3) is 0.182. The highest BCUT2D eigenvalue weighted by Gasteiger charge is 2.09. The van der Waals surface area contributed by atoms with E-state index >= 15 is 0 Å². The van der Waals surface area contributed by atoms with Crippen molar-refractivity contribution in [3.63, 3.8) is 0 Å². The van der Waals surface area contributed by atoms with E-state index < -0.39 is 0 Å². The van der Waals surface area contributed by atoms with Gasteiger partial charge in [-0.25, -0.2) is 9.67 Å². The van der Waals surface area contributed by atoms with Gasteiger partial charge in [-0.2, -0.15) is 5.10 Å². The first-order valence-electron chi connectivity index (χ1n) is 9.15. The number of fused-ring (bicyclic) bond motifs is 1.